The number of carbonyl (C=O) groups is 1. The second-order valence-corrected chi connectivity index (χ2v) is 6.70. The molecule has 1 saturated heterocycles. The van der Waals surface area contributed by atoms with Gasteiger partial charge in [-0.2, -0.15) is 5.26 Å². The standard InChI is InChI=1S/C17H20F2N2O3/c1-16(2,3)24-15(22)21-8-7-14(17(18,19)11-21)23-13-6-4-5-12(9-13)10-20/h4-6,9,14H,7-8,11H2,1-3H3/t14-/m0/s1. The Morgan fingerprint density at radius 1 is 1.42 bits per heavy atom. The molecule has 0 bridgehead atoms. The summed E-state index contributed by atoms with van der Waals surface area (Å²) in [6.07, 6.45) is -2.14. The van der Waals surface area contributed by atoms with Crippen molar-refractivity contribution in [3.8, 4) is 11.8 Å². The number of piperidine rings is 1. The Bertz CT molecular complexity index is 650. The second-order valence-electron chi connectivity index (χ2n) is 6.70. The van der Waals surface area contributed by atoms with E-state index in [4.69, 9.17) is 14.7 Å². The van der Waals surface area contributed by atoms with Gasteiger partial charge in [0.15, 0.2) is 6.10 Å². The van der Waals surface area contributed by atoms with Crippen molar-refractivity contribution in [1.82, 2.24) is 4.90 Å². The molecule has 0 unspecified atom stereocenters. The molecule has 0 aromatic heterocycles. The molecule has 1 aromatic rings. The molecule has 0 N–H and O–H groups in total. The molecule has 1 aliphatic heterocycles. The summed E-state index contributed by atoms with van der Waals surface area (Å²) in [5.74, 6) is -3.00. The fourth-order valence-corrected chi connectivity index (χ4v) is 2.35. The van der Waals surface area contributed by atoms with Crippen LogP contribution in [0.3, 0.4) is 0 Å². The lowest BCUT2D eigenvalue weighted by atomic mass is 10.0. The molecule has 24 heavy (non-hydrogen) atoms. The molecule has 1 heterocycles. The van der Waals surface area contributed by atoms with Crippen molar-refractivity contribution in [3.63, 3.8) is 0 Å². The van der Waals surface area contributed by atoms with Gasteiger partial charge in [-0.1, -0.05) is 6.07 Å². The van der Waals surface area contributed by atoms with E-state index in [0.29, 0.717) is 5.56 Å². The van der Waals surface area contributed by atoms with Crippen LogP contribution in [0.15, 0.2) is 24.3 Å². The Kier molecular flexibility index (Phi) is 4.97. The molecule has 130 valence electrons. The molecule has 0 saturated carbocycles. The highest BCUT2D eigenvalue weighted by Crippen LogP contribution is 2.32. The molecule has 2 rings (SSSR count). The van der Waals surface area contributed by atoms with Gasteiger partial charge in [0.2, 0.25) is 0 Å². The lowest BCUT2D eigenvalue weighted by molar-refractivity contribution is -0.137. The Balaban J connectivity index is 2.03. The molecular weight excluding hydrogens is 318 g/mol. The summed E-state index contributed by atoms with van der Waals surface area (Å²) in [5.41, 5.74) is -0.403. The molecule has 0 spiro atoms. The van der Waals surface area contributed by atoms with Gasteiger partial charge in [0.05, 0.1) is 18.2 Å². The monoisotopic (exact) mass is 338 g/mol. The quantitative estimate of drug-likeness (QED) is 0.827. The van der Waals surface area contributed by atoms with Crippen molar-refractivity contribution in [2.24, 2.45) is 0 Å². The molecule has 1 aliphatic rings. The van der Waals surface area contributed by atoms with Crippen molar-refractivity contribution in [2.75, 3.05) is 13.1 Å². The van der Waals surface area contributed by atoms with Crippen LogP contribution in [-0.4, -0.2) is 41.7 Å². The lowest BCUT2D eigenvalue weighted by Gasteiger charge is -2.38. The summed E-state index contributed by atoms with van der Waals surface area (Å²) in [6.45, 7) is 4.40. The number of likely N-dealkylation sites (tertiary alicyclic amines) is 1. The largest absolute Gasteiger partial charge is 0.484 e. The highest BCUT2D eigenvalue weighted by molar-refractivity contribution is 5.68. The zero-order chi connectivity index (χ0) is 18.0. The van der Waals surface area contributed by atoms with Gasteiger partial charge in [-0.25, -0.2) is 13.6 Å². The van der Waals surface area contributed by atoms with E-state index in [1.807, 2.05) is 6.07 Å². The van der Waals surface area contributed by atoms with Crippen LogP contribution >= 0.6 is 0 Å². The zero-order valence-corrected chi connectivity index (χ0v) is 13.9. The number of nitriles is 1. The fourth-order valence-electron chi connectivity index (χ4n) is 2.35. The van der Waals surface area contributed by atoms with Crippen LogP contribution in [0.1, 0.15) is 32.8 Å². The molecule has 1 aromatic carbocycles. The number of nitrogens with zero attached hydrogens (tertiary/aromatic N) is 2. The van der Waals surface area contributed by atoms with E-state index in [9.17, 15) is 13.6 Å². The van der Waals surface area contributed by atoms with Crippen molar-refractivity contribution < 1.29 is 23.0 Å². The summed E-state index contributed by atoms with van der Waals surface area (Å²) < 4.78 is 39.2. The van der Waals surface area contributed by atoms with Crippen LogP contribution in [-0.2, 0) is 4.74 Å². The Hall–Kier alpha value is -2.36. The first-order valence-electron chi connectivity index (χ1n) is 7.63. The third-order valence-corrected chi connectivity index (χ3v) is 3.43. The van der Waals surface area contributed by atoms with Crippen molar-refractivity contribution in [1.29, 1.82) is 5.26 Å². The highest BCUT2D eigenvalue weighted by atomic mass is 19.3. The average molecular weight is 338 g/mol. The minimum Gasteiger partial charge on any atom is -0.484 e. The number of hydrogen-bond donors (Lipinski definition) is 0. The van der Waals surface area contributed by atoms with E-state index in [-0.39, 0.29) is 18.7 Å². The minimum absolute atomic E-state index is 0.0248. The van der Waals surface area contributed by atoms with Gasteiger partial charge in [0.25, 0.3) is 0 Å². The minimum atomic E-state index is -3.21. The van der Waals surface area contributed by atoms with E-state index < -0.39 is 30.3 Å². The molecule has 1 amide bonds. The van der Waals surface area contributed by atoms with Gasteiger partial charge in [-0.05, 0) is 39.0 Å². The van der Waals surface area contributed by atoms with E-state index >= 15 is 0 Å². The Morgan fingerprint density at radius 2 is 2.12 bits per heavy atom. The molecule has 1 atom stereocenters. The van der Waals surface area contributed by atoms with Crippen LogP contribution in [0.2, 0.25) is 0 Å². The number of amides is 1. The average Bonchev–Trinajstić information content (AvgIpc) is 2.47. The van der Waals surface area contributed by atoms with Gasteiger partial charge >= 0.3 is 12.0 Å². The number of ether oxygens (including phenoxy) is 2. The molecule has 0 aliphatic carbocycles. The maximum absolute atomic E-state index is 14.3. The first-order chi connectivity index (χ1) is 11.1. The summed E-state index contributed by atoms with van der Waals surface area (Å²) >= 11 is 0. The number of halogens is 2. The van der Waals surface area contributed by atoms with Gasteiger partial charge in [-0.15, -0.1) is 0 Å². The topological polar surface area (TPSA) is 62.6 Å². The van der Waals surface area contributed by atoms with Crippen LogP contribution in [0, 0.1) is 11.3 Å². The highest BCUT2D eigenvalue weighted by Gasteiger charge is 2.48. The molecular formula is C17H20F2N2O3. The molecule has 1 fully saturated rings. The van der Waals surface area contributed by atoms with Crippen LogP contribution < -0.4 is 4.74 Å². The van der Waals surface area contributed by atoms with E-state index in [0.717, 1.165) is 4.90 Å². The van der Waals surface area contributed by atoms with Crippen molar-refractivity contribution >= 4 is 6.09 Å². The summed E-state index contributed by atoms with van der Waals surface area (Å²) in [5, 5.41) is 8.85. The Labute approximate surface area is 139 Å². The molecule has 0 radical (unpaired) electrons. The van der Waals surface area contributed by atoms with Gasteiger partial charge in [0, 0.05) is 13.0 Å². The maximum atomic E-state index is 14.3. The maximum Gasteiger partial charge on any atom is 0.410 e. The van der Waals surface area contributed by atoms with Crippen LogP contribution in [0.4, 0.5) is 13.6 Å². The van der Waals surface area contributed by atoms with Crippen molar-refractivity contribution in [2.45, 2.75) is 44.8 Å². The fraction of sp³-hybridized carbons (Fsp3) is 0.529. The van der Waals surface area contributed by atoms with Gasteiger partial charge in [0.1, 0.15) is 11.4 Å². The number of hydrogen-bond acceptors (Lipinski definition) is 4. The molecule has 7 heteroatoms. The van der Waals surface area contributed by atoms with Crippen LogP contribution in [0.5, 0.6) is 5.75 Å². The normalized spacial score (nSPS) is 20.2. The van der Waals surface area contributed by atoms with E-state index in [1.165, 1.54) is 12.1 Å². The number of rotatable bonds is 2. The number of carbonyl (C=O) groups excluding carboxylic acids is 1. The SMILES string of the molecule is CC(C)(C)OC(=O)N1CC[C@H](Oc2cccc(C#N)c2)C(F)(F)C1. The molecule has 5 nitrogen and oxygen atoms in total. The zero-order valence-electron chi connectivity index (χ0n) is 13.9. The van der Waals surface area contributed by atoms with Crippen LogP contribution in [0.25, 0.3) is 0 Å². The van der Waals surface area contributed by atoms with E-state index in [1.54, 1.807) is 32.9 Å². The van der Waals surface area contributed by atoms with Gasteiger partial charge in [-0.3, -0.25) is 0 Å². The van der Waals surface area contributed by atoms with Gasteiger partial charge < -0.3 is 14.4 Å². The smallest absolute Gasteiger partial charge is 0.410 e. The summed E-state index contributed by atoms with van der Waals surface area (Å²) in [4.78, 5) is 12.9. The third-order valence-electron chi connectivity index (χ3n) is 3.43. The Morgan fingerprint density at radius 3 is 2.71 bits per heavy atom. The van der Waals surface area contributed by atoms with Crippen molar-refractivity contribution in [3.05, 3.63) is 29.8 Å². The summed E-state index contributed by atoms with van der Waals surface area (Å²) in [6, 6.07) is 8.01. The summed E-state index contributed by atoms with van der Waals surface area (Å²) in [7, 11) is 0. The third kappa shape index (κ3) is 4.57. The predicted molar refractivity (Wildman–Crippen MR) is 82.9 cm³/mol. The number of alkyl halides is 2. The predicted octanol–water partition coefficient (Wildman–Crippen LogP) is 3.58. The van der Waals surface area contributed by atoms with E-state index in [2.05, 4.69) is 0 Å². The second kappa shape index (κ2) is 6.63. The first kappa shape index (κ1) is 18.0. The number of benzene rings is 1. The first-order valence-corrected chi connectivity index (χ1v) is 7.63. The lowest BCUT2D eigenvalue weighted by Crippen LogP contribution is -2.56.